The molecule has 1 aromatic heterocycles. The molecular formula is C37H68N6O. The minimum absolute atomic E-state index is 0.0108. The van der Waals surface area contributed by atoms with E-state index < -0.39 is 11.1 Å². The maximum absolute atomic E-state index is 13.0. The Morgan fingerprint density at radius 1 is 0.886 bits per heavy atom. The van der Waals surface area contributed by atoms with E-state index in [2.05, 4.69) is 43.3 Å². The zero-order valence-electron chi connectivity index (χ0n) is 29.1. The number of carbonyl (C=O) groups is 1. The first-order valence-electron chi connectivity index (χ1n) is 18.6. The summed E-state index contributed by atoms with van der Waals surface area (Å²) in [6.45, 7) is 9.69. The smallest absolute Gasteiger partial charge is 0.220 e. The first-order valence-corrected chi connectivity index (χ1v) is 18.6. The monoisotopic (exact) mass is 613 g/mol. The molecule has 7 heteroatoms. The second-order valence-corrected chi connectivity index (χ2v) is 16.9. The van der Waals surface area contributed by atoms with Crippen LogP contribution in [-0.2, 0) is 17.8 Å². The number of carbonyl (C=O) groups excluding carboxylic acids is 1. The van der Waals surface area contributed by atoms with Crippen molar-refractivity contribution in [2.24, 2.45) is 28.7 Å². The van der Waals surface area contributed by atoms with Crippen molar-refractivity contribution in [3.05, 3.63) is 11.9 Å². The van der Waals surface area contributed by atoms with Crippen LogP contribution < -0.4 is 16.8 Å². The molecule has 4 aliphatic carbocycles. The molecule has 4 fully saturated rings. The minimum atomic E-state index is -0.538. The first kappa shape index (κ1) is 35.4. The molecule has 4 aliphatic rings. The molecule has 0 radical (unpaired) electrons. The number of fused-ring (bicyclic) bond motifs is 12. The number of hydrogen-bond acceptors (Lipinski definition) is 5. The Kier molecular flexibility index (Phi) is 12.8. The molecule has 1 amide bonds. The summed E-state index contributed by atoms with van der Waals surface area (Å²) in [6, 6.07) is 0. The lowest BCUT2D eigenvalue weighted by atomic mass is 9.64. The van der Waals surface area contributed by atoms with Gasteiger partial charge in [0.25, 0.3) is 0 Å². The van der Waals surface area contributed by atoms with Gasteiger partial charge in [0.2, 0.25) is 5.91 Å². The van der Waals surface area contributed by atoms with Crippen molar-refractivity contribution in [2.45, 2.75) is 199 Å². The average molecular weight is 613 g/mol. The number of nitrogens with two attached hydrogens (primary N) is 2. The van der Waals surface area contributed by atoms with Gasteiger partial charge in [-0.15, -0.1) is 5.10 Å². The van der Waals surface area contributed by atoms with Gasteiger partial charge in [-0.1, -0.05) is 82.8 Å². The highest BCUT2D eigenvalue weighted by Gasteiger charge is 2.48. The zero-order valence-corrected chi connectivity index (χ0v) is 29.1. The summed E-state index contributed by atoms with van der Waals surface area (Å²) < 4.78 is 1.98. The number of rotatable bonds is 9. The summed E-state index contributed by atoms with van der Waals surface area (Å²) in [5, 5.41) is 12.1. The highest BCUT2D eigenvalue weighted by atomic mass is 16.1. The van der Waals surface area contributed by atoms with Gasteiger partial charge in [-0.3, -0.25) is 9.48 Å². The van der Waals surface area contributed by atoms with Crippen LogP contribution in [0, 0.1) is 17.3 Å². The lowest BCUT2D eigenvalue weighted by Gasteiger charge is -2.46. The standard InChI is InChI=1S/C37H68N6O/c1-34(20-13-11-9-7-5-6-8-10-12-17-30-25-31(26-30)27-34)21-14-15-24-43-28-32(41-42-43)18-19-33(44)40-37(4)29-35(2,38)22-16-23-36(37,3)39/h28,30-31H,5-27,29,38-39H2,1-4H3,(H,40,44). The Hall–Kier alpha value is -1.47. The van der Waals surface area contributed by atoms with E-state index in [1.54, 1.807) is 0 Å². The van der Waals surface area contributed by atoms with Gasteiger partial charge in [-0.2, -0.15) is 0 Å². The van der Waals surface area contributed by atoms with E-state index in [-0.39, 0.29) is 11.4 Å². The Balaban J connectivity index is 1.19. The van der Waals surface area contributed by atoms with Gasteiger partial charge in [0.05, 0.1) is 11.2 Å². The SMILES string of the molecule is CC1(N)CCCC(C)(N)C(C)(NC(=O)CCc2cn(CCCCC3(C)CCCCCCCCCCCC4CC(C4)C3)nn2)C1. The number of unbranched alkanes of at least 4 members (excludes halogenated alkanes) is 1. The number of amides is 1. The van der Waals surface area contributed by atoms with Crippen molar-refractivity contribution in [2.75, 3.05) is 0 Å². The quantitative estimate of drug-likeness (QED) is 0.193. The van der Waals surface area contributed by atoms with Crippen LogP contribution >= 0.6 is 0 Å². The molecule has 5 N–H and O–H groups in total. The van der Waals surface area contributed by atoms with Crippen LogP contribution in [0.15, 0.2) is 6.20 Å². The number of nitrogens with zero attached hydrogens (tertiary/aromatic N) is 3. The molecule has 4 unspecified atom stereocenters. The van der Waals surface area contributed by atoms with Gasteiger partial charge in [-0.05, 0) is 102 Å². The summed E-state index contributed by atoms with van der Waals surface area (Å²) in [6.07, 6.45) is 30.4. The minimum Gasteiger partial charge on any atom is -0.349 e. The summed E-state index contributed by atoms with van der Waals surface area (Å²) in [5.41, 5.74) is 13.3. The molecule has 0 saturated heterocycles. The maximum atomic E-state index is 13.0. The second kappa shape index (κ2) is 15.9. The Morgan fingerprint density at radius 3 is 2.30 bits per heavy atom. The molecule has 0 aromatic carbocycles. The molecule has 4 saturated carbocycles. The van der Waals surface area contributed by atoms with E-state index in [0.29, 0.717) is 24.7 Å². The Labute approximate surface area is 269 Å². The predicted molar refractivity (Wildman–Crippen MR) is 182 cm³/mol. The molecule has 1 heterocycles. The van der Waals surface area contributed by atoms with Crippen molar-refractivity contribution in [1.82, 2.24) is 20.3 Å². The summed E-state index contributed by atoms with van der Waals surface area (Å²) >= 11 is 0. The number of hydrogen-bond donors (Lipinski definition) is 3. The maximum Gasteiger partial charge on any atom is 0.220 e. The second-order valence-electron chi connectivity index (χ2n) is 16.9. The first-order chi connectivity index (χ1) is 20.9. The van der Waals surface area contributed by atoms with Crippen LogP contribution in [0.5, 0.6) is 0 Å². The molecule has 4 atom stereocenters. The van der Waals surface area contributed by atoms with E-state index in [0.717, 1.165) is 49.8 Å². The third-order valence-electron chi connectivity index (χ3n) is 12.0. The Bertz CT molecular complexity index is 1010. The molecule has 5 rings (SSSR count). The van der Waals surface area contributed by atoms with E-state index in [4.69, 9.17) is 11.5 Å². The van der Waals surface area contributed by atoms with Crippen molar-refractivity contribution < 1.29 is 4.79 Å². The largest absolute Gasteiger partial charge is 0.349 e. The van der Waals surface area contributed by atoms with E-state index >= 15 is 0 Å². The molecule has 252 valence electrons. The van der Waals surface area contributed by atoms with E-state index in [9.17, 15) is 4.79 Å². The lowest BCUT2D eigenvalue weighted by Crippen LogP contribution is -2.67. The van der Waals surface area contributed by atoms with Gasteiger partial charge < -0.3 is 16.8 Å². The van der Waals surface area contributed by atoms with Crippen LogP contribution in [0.4, 0.5) is 0 Å². The van der Waals surface area contributed by atoms with Crippen LogP contribution in [0.3, 0.4) is 0 Å². The fourth-order valence-corrected chi connectivity index (χ4v) is 8.94. The molecule has 0 spiro atoms. The highest BCUT2D eigenvalue weighted by Crippen LogP contribution is 2.47. The predicted octanol–water partition coefficient (Wildman–Crippen LogP) is 7.99. The highest BCUT2D eigenvalue weighted by molar-refractivity contribution is 5.77. The van der Waals surface area contributed by atoms with Crippen molar-refractivity contribution >= 4 is 5.91 Å². The summed E-state index contributed by atoms with van der Waals surface area (Å²) in [7, 11) is 0. The van der Waals surface area contributed by atoms with Crippen molar-refractivity contribution in [1.29, 1.82) is 0 Å². The number of nitrogens with one attached hydrogen (secondary N) is 1. The molecule has 0 aliphatic heterocycles. The normalized spacial score (nSPS) is 36.2. The van der Waals surface area contributed by atoms with Crippen LogP contribution in [0.1, 0.15) is 175 Å². The average Bonchev–Trinajstić information content (AvgIpc) is 3.35. The molecule has 2 bridgehead atoms. The zero-order chi connectivity index (χ0) is 31.7. The van der Waals surface area contributed by atoms with Gasteiger partial charge >= 0.3 is 0 Å². The van der Waals surface area contributed by atoms with Crippen LogP contribution in [-0.4, -0.2) is 37.5 Å². The van der Waals surface area contributed by atoms with Gasteiger partial charge in [0.1, 0.15) is 0 Å². The van der Waals surface area contributed by atoms with Crippen LogP contribution in [0.2, 0.25) is 0 Å². The topological polar surface area (TPSA) is 112 Å². The molecule has 1 aromatic rings. The fraction of sp³-hybridized carbons (Fsp3) is 0.919. The molecular weight excluding hydrogens is 544 g/mol. The summed E-state index contributed by atoms with van der Waals surface area (Å²) in [5.74, 6) is 2.00. The van der Waals surface area contributed by atoms with Crippen molar-refractivity contribution in [3.8, 4) is 0 Å². The molecule has 7 nitrogen and oxygen atoms in total. The number of aryl methyl sites for hydroxylation is 2. The third kappa shape index (κ3) is 10.8. The van der Waals surface area contributed by atoms with E-state index in [1.165, 1.54) is 103 Å². The lowest BCUT2D eigenvalue weighted by molar-refractivity contribution is -0.124. The summed E-state index contributed by atoms with van der Waals surface area (Å²) in [4.78, 5) is 13.0. The number of aromatic nitrogens is 3. The van der Waals surface area contributed by atoms with Gasteiger partial charge in [0.15, 0.2) is 0 Å². The Morgan fingerprint density at radius 2 is 1.57 bits per heavy atom. The van der Waals surface area contributed by atoms with Gasteiger partial charge in [0, 0.05) is 36.7 Å². The van der Waals surface area contributed by atoms with Gasteiger partial charge in [-0.25, -0.2) is 0 Å². The van der Waals surface area contributed by atoms with Crippen LogP contribution in [0.25, 0.3) is 0 Å². The van der Waals surface area contributed by atoms with Crippen molar-refractivity contribution in [3.63, 3.8) is 0 Å². The molecule has 44 heavy (non-hydrogen) atoms. The third-order valence-corrected chi connectivity index (χ3v) is 12.0. The fourth-order valence-electron chi connectivity index (χ4n) is 8.94. The van der Waals surface area contributed by atoms with E-state index in [1.807, 2.05) is 10.9 Å².